The van der Waals surface area contributed by atoms with Crippen molar-refractivity contribution in [2.75, 3.05) is 32.1 Å². The molecule has 1 N–H and O–H groups in total. The lowest BCUT2D eigenvalue weighted by Gasteiger charge is -2.34. The lowest BCUT2D eigenvalue weighted by atomic mass is 10.2. The molecule has 7 nitrogen and oxygen atoms in total. The van der Waals surface area contributed by atoms with E-state index in [0.717, 1.165) is 5.56 Å². The Labute approximate surface area is 159 Å². The van der Waals surface area contributed by atoms with Crippen molar-refractivity contribution < 1.29 is 17.9 Å². The predicted octanol–water partition coefficient (Wildman–Crippen LogP) is 2.09. The standard InChI is InChI=1S/C19H23N3O4S/c1-26-18-11-6-5-10-17(18)20-19(23)15-22-13-7-12-21(27(22,24)25)14-16-8-3-2-4-9-16/h2-6,8-11H,7,12-15H2,1H3,(H,20,23). The fourth-order valence-corrected chi connectivity index (χ4v) is 4.66. The van der Waals surface area contributed by atoms with Crippen LogP contribution < -0.4 is 10.1 Å². The highest BCUT2D eigenvalue weighted by atomic mass is 32.2. The summed E-state index contributed by atoms with van der Waals surface area (Å²) in [5.41, 5.74) is 1.43. The number of benzene rings is 2. The second-order valence-electron chi connectivity index (χ2n) is 6.26. The Morgan fingerprint density at radius 2 is 1.70 bits per heavy atom. The molecule has 0 spiro atoms. The monoisotopic (exact) mass is 389 g/mol. The van der Waals surface area contributed by atoms with Gasteiger partial charge in [0.1, 0.15) is 5.75 Å². The predicted molar refractivity (Wildman–Crippen MR) is 104 cm³/mol. The maximum Gasteiger partial charge on any atom is 0.282 e. The molecule has 3 rings (SSSR count). The van der Waals surface area contributed by atoms with E-state index in [1.54, 1.807) is 24.3 Å². The molecule has 8 heteroatoms. The summed E-state index contributed by atoms with van der Waals surface area (Å²) in [6.45, 7) is 0.842. The van der Waals surface area contributed by atoms with Gasteiger partial charge in [-0.05, 0) is 24.1 Å². The first-order valence-corrected chi connectivity index (χ1v) is 10.1. The second kappa shape index (κ2) is 8.51. The zero-order valence-corrected chi connectivity index (χ0v) is 16.0. The summed E-state index contributed by atoms with van der Waals surface area (Å²) in [5.74, 6) is 0.127. The molecule has 144 valence electrons. The van der Waals surface area contributed by atoms with Crippen molar-refractivity contribution in [1.82, 2.24) is 8.61 Å². The van der Waals surface area contributed by atoms with Crippen molar-refractivity contribution in [2.45, 2.75) is 13.0 Å². The van der Waals surface area contributed by atoms with Crippen molar-refractivity contribution in [3.63, 3.8) is 0 Å². The topological polar surface area (TPSA) is 79.0 Å². The van der Waals surface area contributed by atoms with E-state index in [-0.39, 0.29) is 6.54 Å². The van der Waals surface area contributed by atoms with Crippen molar-refractivity contribution >= 4 is 21.8 Å². The van der Waals surface area contributed by atoms with Gasteiger partial charge in [0.05, 0.1) is 19.3 Å². The number of nitrogens with zero attached hydrogens (tertiary/aromatic N) is 2. The number of para-hydroxylation sites is 2. The average Bonchev–Trinajstić information content (AvgIpc) is 2.66. The van der Waals surface area contributed by atoms with Crippen LogP contribution in [0.2, 0.25) is 0 Å². The Morgan fingerprint density at radius 3 is 2.44 bits per heavy atom. The van der Waals surface area contributed by atoms with Crippen LogP contribution in [0.4, 0.5) is 5.69 Å². The van der Waals surface area contributed by atoms with Crippen LogP contribution in [-0.2, 0) is 21.5 Å². The van der Waals surface area contributed by atoms with Crippen LogP contribution in [0.15, 0.2) is 54.6 Å². The van der Waals surface area contributed by atoms with Gasteiger partial charge in [-0.2, -0.15) is 17.0 Å². The van der Waals surface area contributed by atoms with Gasteiger partial charge < -0.3 is 10.1 Å². The van der Waals surface area contributed by atoms with E-state index in [1.807, 2.05) is 30.3 Å². The molecule has 2 aromatic rings. The fourth-order valence-electron chi connectivity index (χ4n) is 3.02. The van der Waals surface area contributed by atoms with Crippen molar-refractivity contribution in [3.05, 3.63) is 60.2 Å². The van der Waals surface area contributed by atoms with E-state index >= 15 is 0 Å². The first-order chi connectivity index (χ1) is 13.0. The van der Waals surface area contributed by atoms with Crippen molar-refractivity contribution in [3.8, 4) is 5.75 Å². The van der Waals surface area contributed by atoms with Crippen LogP contribution in [0.25, 0.3) is 0 Å². The summed E-state index contributed by atoms with van der Waals surface area (Å²) in [7, 11) is -2.18. The van der Waals surface area contributed by atoms with Crippen LogP contribution in [0.3, 0.4) is 0 Å². The molecule has 1 heterocycles. The third-order valence-corrected chi connectivity index (χ3v) is 6.30. The Kier molecular flexibility index (Phi) is 6.10. The third kappa shape index (κ3) is 4.65. The van der Waals surface area contributed by atoms with E-state index in [1.165, 1.54) is 15.7 Å². The highest BCUT2D eigenvalue weighted by Crippen LogP contribution is 2.24. The normalized spacial score (nSPS) is 17.4. The molecule has 1 fully saturated rings. The van der Waals surface area contributed by atoms with Gasteiger partial charge in [0.15, 0.2) is 0 Å². The number of ether oxygens (including phenoxy) is 1. The lowest BCUT2D eigenvalue weighted by molar-refractivity contribution is -0.116. The smallest absolute Gasteiger partial charge is 0.282 e. The van der Waals surface area contributed by atoms with Crippen LogP contribution >= 0.6 is 0 Å². The molecule has 0 atom stereocenters. The summed E-state index contributed by atoms with van der Waals surface area (Å²) >= 11 is 0. The SMILES string of the molecule is COc1ccccc1NC(=O)CN1CCCN(Cc2ccccc2)S1(=O)=O. The highest BCUT2D eigenvalue weighted by Gasteiger charge is 2.34. The summed E-state index contributed by atoms with van der Waals surface area (Å²) in [5, 5.41) is 2.72. The van der Waals surface area contributed by atoms with Crippen molar-refractivity contribution in [2.24, 2.45) is 0 Å². The number of rotatable bonds is 6. The fraction of sp³-hybridized carbons (Fsp3) is 0.316. The molecule has 0 aromatic heterocycles. The number of hydrogen-bond acceptors (Lipinski definition) is 4. The number of methoxy groups -OCH3 is 1. The van der Waals surface area contributed by atoms with Gasteiger partial charge in [0.25, 0.3) is 10.2 Å². The van der Waals surface area contributed by atoms with E-state index in [0.29, 0.717) is 37.5 Å². The number of carbonyl (C=O) groups excluding carboxylic acids is 1. The summed E-state index contributed by atoms with van der Waals surface area (Å²) in [4.78, 5) is 12.4. The van der Waals surface area contributed by atoms with Crippen LogP contribution in [-0.4, -0.2) is 49.7 Å². The molecule has 0 unspecified atom stereocenters. The van der Waals surface area contributed by atoms with Crippen molar-refractivity contribution in [1.29, 1.82) is 0 Å². The van der Waals surface area contributed by atoms with Gasteiger partial charge in [-0.25, -0.2) is 0 Å². The van der Waals surface area contributed by atoms with Gasteiger partial charge in [-0.3, -0.25) is 4.79 Å². The molecule has 2 aromatic carbocycles. The molecule has 1 aliphatic rings. The van der Waals surface area contributed by atoms with E-state index in [2.05, 4.69) is 5.32 Å². The van der Waals surface area contributed by atoms with Crippen LogP contribution in [0.1, 0.15) is 12.0 Å². The largest absolute Gasteiger partial charge is 0.495 e. The zero-order valence-electron chi connectivity index (χ0n) is 15.2. The summed E-state index contributed by atoms with van der Waals surface area (Å²) < 4.78 is 33.6. The van der Waals surface area contributed by atoms with Gasteiger partial charge >= 0.3 is 0 Å². The minimum absolute atomic E-state index is 0.230. The lowest BCUT2D eigenvalue weighted by Crippen LogP contribution is -2.51. The van der Waals surface area contributed by atoms with Gasteiger partial charge in [-0.15, -0.1) is 0 Å². The Bertz CT molecular complexity index is 887. The quantitative estimate of drug-likeness (QED) is 0.821. The van der Waals surface area contributed by atoms with Gasteiger partial charge in [-0.1, -0.05) is 42.5 Å². The van der Waals surface area contributed by atoms with E-state index in [9.17, 15) is 13.2 Å². The third-order valence-electron chi connectivity index (χ3n) is 4.37. The number of carbonyl (C=O) groups is 1. The number of amides is 1. The van der Waals surface area contributed by atoms with E-state index in [4.69, 9.17) is 4.74 Å². The molecule has 1 aliphatic heterocycles. The summed E-state index contributed by atoms with van der Waals surface area (Å²) in [6.07, 6.45) is 0.675. The molecular formula is C19H23N3O4S. The molecule has 27 heavy (non-hydrogen) atoms. The van der Waals surface area contributed by atoms with Gasteiger partial charge in [0.2, 0.25) is 5.91 Å². The second-order valence-corrected chi connectivity index (χ2v) is 8.19. The minimum Gasteiger partial charge on any atom is -0.495 e. The Hall–Kier alpha value is -2.42. The molecule has 1 amide bonds. The molecule has 0 bridgehead atoms. The number of nitrogens with one attached hydrogen (secondary N) is 1. The highest BCUT2D eigenvalue weighted by molar-refractivity contribution is 7.86. The maximum atomic E-state index is 12.9. The molecule has 0 saturated carbocycles. The number of hydrogen-bond donors (Lipinski definition) is 1. The molecule has 0 aliphatic carbocycles. The first kappa shape index (κ1) is 19.3. The molecular weight excluding hydrogens is 366 g/mol. The minimum atomic E-state index is -3.69. The van der Waals surface area contributed by atoms with E-state index < -0.39 is 16.1 Å². The maximum absolute atomic E-state index is 12.9. The number of anilines is 1. The summed E-state index contributed by atoms with van der Waals surface area (Å²) in [6, 6.07) is 16.4. The first-order valence-electron chi connectivity index (χ1n) is 8.73. The Morgan fingerprint density at radius 1 is 1.04 bits per heavy atom. The molecule has 0 radical (unpaired) electrons. The Balaban J connectivity index is 1.68. The van der Waals surface area contributed by atoms with Gasteiger partial charge in [0, 0.05) is 19.6 Å². The van der Waals surface area contributed by atoms with Crippen LogP contribution in [0.5, 0.6) is 5.75 Å². The zero-order chi connectivity index (χ0) is 19.3. The van der Waals surface area contributed by atoms with Crippen LogP contribution in [0, 0.1) is 0 Å². The molecule has 1 saturated heterocycles. The average molecular weight is 389 g/mol.